The van der Waals surface area contributed by atoms with Crippen LogP contribution in [-0.2, 0) is 0 Å². The molecule has 0 atom stereocenters. The molecular formula is C10H12ClNO3. The number of ketones is 1. The number of rotatable bonds is 3. The number of hydrogen-bond acceptors (Lipinski definition) is 4. The van der Waals surface area contributed by atoms with Crippen LogP contribution in [0, 0.1) is 6.92 Å². The summed E-state index contributed by atoms with van der Waals surface area (Å²) in [6, 6.07) is 1.36. The highest BCUT2D eigenvalue weighted by Crippen LogP contribution is 2.37. The van der Waals surface area contributed by atoms with Crippen molar-refractivity contribution in [3.8, 4) is 11.5 Å². The molecule has 4 nitrogen and oxygen atoms in total. The molecule has 0 amide bonds. The number of ether oxygens (including phenoxy) is 1. The van der Waals surface area contributed by atoms with Gasteiger partial charge in [0.1, 0.15) is 11.5 Å². The van der Waals surface area contributed by atoms with E-state index in [1.54, 1.807) is 6.92 Å². The molecule has 0 heterocycles. The summed E-state index contributed by atoms with van der Waals surface area (Å²) >= 11 is 5.88. The fourth-order valence-electron chi connectivity index (χ4n) is 1.32. The molecule has 0 aliphatic carbocycles. The molecule has 0 saturated carbocycles. The lowest BCUT2D eigenvalue weighted by atomic mass is 10.0. The van der Waals surface area contributed by atoms with Crippen LogP contribution in [0.2, 0.25) is 5.02 Å². The van der Waals surface area contributed by atoms with Crippen molar-refractivity contribution in [3.63, 3.8) is 0 Å². The predicted molar refractivity (Wildman–Crippen MR) is 57.8 cm³/mol. The molecule has 0 unspecified atom stereocenters. The zero-order chi connectivity index (χ0) is 11.6. The molecule has 0 aliphatic heterocycles. The summed E-state index contributed by atoms with van der Waals surface area (Å²) in [7, 11) is 1.44. The summed E-state index contributed by atoms with van der Waals surface area (Å²) in [6.45, 7) is 1.45. The normalized spacial score (nSPS) is 10.1. The first-order valence-corrected chi connectivity index (χ1v) is 4.70. The maximum absolute atomic E-state index is 11.4. The van der Waals surface area contributed by atoms with Crippen molar-refractivity contribution in [2.75, 3.05) is 13.7 Å². The Bertz CT molecular complexity index is 404. The lowest BCUT2D eigenvalue weighted by molar-refractivity contribution is 0.0998. The Kier molecular flexibility index (Phi) is 3.55. The van der Waals surface area contributed by atoms with Crippen molar-refractivity contribution >= 4 is 17.4 Å². The van der Waals surface area contributed by atoms with Gasteiger partial charge >= 0.3 is 0 Å². The van der Waals surface area contributed by atoms with E-state index in [9.17, 15) is 9.90 Å². The highest BCUT2D eigenvalue weighted by atomic mass is 35.5. The first-order valence-electron chi connectivity index (χ1n) is 4.32. The number of methoxy groups -OCH3 is 1. The Hall–Kier alpha value is -1.26. The summed E-state index contributed by atoms with van der Waals surface area (Å²) in [6.07, 6.45) is 0. The van der Waals surface area contributed by atoms with Gasteiger partial charge in [0, 0.05) is 5.56 Å². The molecule has 1 aromatic rings. The Morgan fingerprint density at radius 1 is 1.67 bits per heavy atom. The van der Waals surface area contributed by atoms with Gasteiger partial charge < -0.3 is 15.6 Å². The molecule has 0 aromatic heterocycles. The number of phenols is 1. The van der Waals surface area contributed by atoms with Gasteiger partial charge in [-0.1, -0.05) is 11.6 Å². The van der Waals surface area contributed by atoms with Crippen LogP contribution in [0.5, 0.6) is 11.5 Å². The molecule has 82 valence electrons. The minimum Gasteiger partial charge on any atom is -0.507 e. The standard InChI is InChI=1S/C10H12ClNO3/c1-5-9(14)6(8(13)4-12)3-7(11)10(5)15-2/h3,14H,4,12H2,1-2H3. The van der Waals surface area contributed by atoms with E-state index in [-0.39, 0.29) is 28.7 Å². The second-order valence-corrected chi connectivity index (χ2v) is 3.45. The predicted octanol–water partition coefficient (Wildman–Crippen LogP) is 1.50. The fourth-order valence-corrected chi connectivity index (χ4v) is 1.65. The molecule has 3 N–H and O–H groups in total. The van der Waals surface area contributed by atoms with E-state index >= 15 is 0 Å². The van der Waals surface area contributed by atoms with E-state index in [1.165, 1.54) is 13.2 Å². The van der Waals surface area contributed by atoms with Gasteiger partial charge in [0.25, 0.3) is 0 Å². The molecular weight excluding hydrogens is 218 g/mol. The van der Waals surface area contributed by atoms with Crippen LogP contribution < -0.4 is 10.5 Å². The molecule has 0 aliphatic rings. The molecule has 5 heteroatoms. The number of carbonyl (C=O) groups is 1. The average Bonchev–Trinajstić information content (AvgIpc) is 2.23. The van der Waals surface area contributed by atoms with Gasteiger partial charge in [-0.3, -0.25) is 4.79 Å². The van der Waals surface area contributed by atoms with Crippen LogP contribution in [0.3, 0.4) is 0 Å². The summed E-state index contributed by atoms with van der Waals surface area (Å²) in [5.41, 5.74) is 5.77. The minimum absolute atomic E-state index is 0.126. The van der Waals surface area contributed by atoms with Crippen LogP contribution in [0.4, 0.5) is 0 Å². The van der Waals surface area contributed by atoms with Gasteiger partial charge in [0.15, 0.2) is 5.78 Å². The quantitative estimate of drug-likeness (QED) is 0.771. The van der Waals surface area contributed by atoms with E-state index in [1.807, 2.05) is 0 Å². The van der Waals surface area contributed by atoms with Crippen molar-refractivity contribution in [2.24, 2.45) is 5.73 Å². The van der Waals surface area contributed by atoms with Crippen LogP contribution in [-0.4, -0.2) is 24.5 Å². The highest BCUT2D eigenvalue weighted by molar-refractivity contribution is 6.32. The van der Waals surface area contributed by atoms with Gasteiger partial charge in [-0.05, 0) is 13.0 Å². The monoisotopic (exact) mass is 229 g/mol. The molecule has 0 radical (unpaired) electrons. The topological polar surface area (TPSA) is 72.5 Å². The average molecular weight is 230 g/mol. The lowest BCUT2D eigenvalue weighted by Crippen LogP contribution is -2.14. The van der Waals surface area contributed by atoms with Gasteiger partial charge in [-0.25, -0.2) is 0 Å². The molecule has 0 fully saturated rings. The zero-order valence-corrected chi connectivity index (χ0v) is 9.26. The third kappa shape index (κ3) is 2.06. The summed E-state index contributed by atoms with van der Waals surface area (Å²) in [5, 5.41) is 10.0. The van der Waals surface area contributed by atoms with Crippen molar-refractivity contribution in [1.29, 1.82) is 0 Å². The number of benzene rings is 1. The van der Waals surface area contributed by atoms with Crippen LogP contribution in [0.25, 0.3) is 0 Å². The smallest absolute Gasteiger partial charge is 0.180 e. The summed E-state index contributed by atoms with van der Waals surface area (Å²) in [4.78, 5) is 11.4. The Labute approximate surface area is 92.6 Å². The number of hydrogen-bond donors (Lipinski definition) is 2. The SMILES string of the molecule is COc1c(Cl)cc(C(=O)CN)c(O)c1C. The number of Topliss-reactive ketones (excluding diaryl/α,β-unsaturated/α-hetero) is 1. The minimum atomic E-state index is -0.361. The Morgan fingerprint density at radius 2 is 2.27 bits per heavy atom. The zero-order valence-electron chi connectivity index (χ0n) is 8.50. The van der Waals surface area contributed by atoms with Crippen LogP contribution in [0.15, 0.2) is 6.07 Å². The number of phenolic OH excluding ortho intramolecular Hbond substituents is 1. The van der Waals surface area contributed by atoms with E-state index < -0.39 is 0 Å². The second kappa shape index (κ2) is 4.51. The fraction of sp³-hybridized carbons (Fsp3) is 0.300. The lowest BCUT2D eigenvalue weighted by Gasteiger charge is -2.11. The molecule has 1 aromatic carbocycles. The number of nitrogens with two attached hydrogens (primary N) is 1. The maximum Gasteiger partial charge on any atom is 0.180 e. The van der Waals surface area contributed by atoms with Gasteiger partial charge in [-0.15, -0.1) is 0 Å². The van der Waals surface area contributed by atoms with Gasteiger partial charge in [-0.2, -0.15) is 0 Å². The number of aromatic hydroxyl groups is 1. The Morgan fingerprint density at radius 3 is 2.73 bits per heavy atom. The van der Waals surface area contributed by atoms with Crippen molar-refractivity contribution < 1.29 is 14.6 Å². The first-order chi connectivity index (χ1) is 7.02. The molecule has 0 saturated heterocycles. The maximum atomic E-state index is 11.4. The molecule has 15 heavy (non-hydrogen) atoms. The summed E-state index contributed by atoms with van der Waals surface area (Å²) < 4.78 is 4.99. The third-order valence-electron chi connectivity index (χ3n) is 2.13. The van der Waals surface area contributed by atoms with E-state index in [0.29, 0.717) is 11.3 Å². The Balaban J connectivity index is 3.40. The van der Waals surface area contributed by atoms with Crippen molar-refractivity contribution in [3.05, 3.63) is 22.2 Å². The molecule has 0 spiro atoms. The van der Waals surface area contributed by atoms with E-state index in [2.05, 4.69) is 0 Å². The largest absolute Gasteiger partial charge is 0.507 e. The van der Waals surface area contributed by atoms with Crippen LogP contribution >= 0.6 is 11.6 Å². The molecule has 1 rings (SSSR count). The van der Waals surface area contributed by atoms with Gasteiger partial charge in [0.2, 0.25) is 0 Å². The van der Waals surface area contributed by atoms with Crippen molar-refractivity contribution in [1.82, 2.24) is 0 Å². The number of carbonyl (C=O) groups excluding carboxylic acids is 1. The van der Waals surface area contributed by atoms with E-state index in [0.717, 1.165) is 0 Å². The van der Waals surface area contributed by atoms with Gasteiger partial charge in [0.05, 0.1) is 24.2 Å². The van der Waals surface area contributed by atoms with Crippen molar-refractivity contribution in [2.45, 2.75) is 6.92 Å². The highest BCUT2D eigenvalue weighted by Gasteiger charge is 2.17. The summed E-state index contributed by atoms with van der Waals surface area (Å²) in [5.74, 6) is -0.130. The van der Waals surface area contributed by atoms with E-state index in [4.69, 9.17) is 22.1 Å². The third-order valence-corrected chi connectivity index (χ3v) is 2.41. The number of halogens is 1. The second-order valence-electron chi connectivity index (χ2n) is 3.04. The van der Waals surface area contributed by atoms with Crippen LogP contribution in [0.1, 0.15) is 15.9 Å². The first kappa shape index (κ1) is 11.8. The molecule has 0 bridgehead atoms.